The van der Waals surface area contributed by atoms with Gasteiger partial charge in [-0.2, -0.15) is 0 Å². The molecule has 5 heteroatoms. The van der Waals surface area contributed by atoms with E-state index < -0.39 is 17.7 Å². The van der Waals surface area contributed by atoms with Crippen LogP contribution in [-0.4, -0.2) is 0 Å². The van der Waals surface area contributed by atoms with Gasteiger partial charge in [0.2, 0.25) is 0 Å². The molecule has 0 bridgehead atoms. The summed E-state index contributed by atoms with van der Waals surface area (Å²) in [7, 11) is 0. The van der Waals surface area contributed by atoms with E-state index in [1.807, 2.05) is 26.0 Å². The first-order valence-electron chi connectivity index (χ1n) is 5.98. The maximum absolute atomic E-state index is 14.1. The molecule has 0 radical (unpaired) electrons. The van der Waals surface area contributed by atoms with Gasteiger partial charge < -0.3 is 5.73 Å². The van der Waals surface area contributed by atoms with Crippen LogP contribution in [0.3, 0.4) is 0 Å². The SMILES string of the molecule is Cc1cc(C(N)c2c(F)ccc(Br)c2F)cc(C)c1Br. The molecular weight excluding hydrogens is 392 g/mol. The summed E-state index contributed by atoms with van der Waals surface area (Å²) < 4.78 is 29.2. The van der Waals surface area contributed by atoms with Gasteiger partial charge >= 0.3 is 0 Å². The third-order valence-corrected chi connectivity index (χ3v) is 5.07. The Labute approximate surface area is 133 Å². The van der Waals surface area contributed by atoms with E-state index in [-0.39, 0.29) is 10.0 Å². The Hall–Kier alpha value is -0.780. The number of hydrogen-bond donors (Lipinski definition) is 1. The topological polar surface area (TPSA) is 26.0 Å². The standard InChI is InChI=1S/C15H13Br2F2N/c1-7-5-9(6-8(2)13(7)17)15(20)12-11(18)4-3-10(16)14(12)19/h3-6,15H,20H2,1-2H3. The van der Waals surface area contributed by atoms with Crippen molar-refractivity contribution in [1.29, 1.82) is 0 Å². The van der Waals surface area contributed by atoms with Gasteiger partial charge in [-0.3, -0.25) is 0 Å². The number of aryl methyl sites for hydroxylation is 2. The highest BCUT2D eigenvalue weighted by atomic mass is 79.9. The molecule has 2 aromatic rings. The molecule has 0 fully saturated rings. The molecule has 0 saturated heterocycles. The maximum Gasteiger partial charge on any atom is 0.145 e. The van der Waals surface area contributed by atoms with Crippen molar-refractivity contribution in [2.24, 2.45) is 5.73 Å². The summed E-state index contributed by atoms with van der Waals surface area (Å²) in [6.45, 7) is 3.84. The Morgan fingerprint density at radius 3 is 2.15 bits per heavy atom. The fourth-order valence-electron chi connectivity index (χ4n) is 2.15. The minimum absolute atomic E-state index is 0.125. The van der Waals surface area contributed by atoms with Crippen molar-refractivity contribution in [3.8, 4) is 0 Å². The van der Waals surface area contributed by atoms with E-state index in [4.69, 9.17) is 5.73 Å². The zero-order chi connectivity index (χ0) is 15.0. The lowest BCUT2D eigenvalue weighted by Gasteiger charge is -2.17. The zero-order valence-corrected chi connectivity index (χ0v) is 14.1. The van der Waals surface area contributed by atoms with E-state index in [1.54, 1.807) is 0 Å². The number of nitrogens with two attached hydrogens (primary N) is 1. The zero-order valence-electron chi connectivity index (χ0n) is 11.0. The van der Waals surface area contributed by atoms with Crippen LogP contribution in [0.15, 0.2) is 33.2 Å². The summed E-state index contributed by atoms with van der Waals surface area (Å²) in [6, 6.07) is 5.36. The molecular formula is C15H13Br2F2N. The lowest BCUT2D eigenvalue weighted by Crippen LogP contribution is -2.16. The van der Waals surface area contributed by atoms with Crippen LogP contribution in [-0.2, 0) is 0 Å². The van der Waals surface area contributed by atoms with Gasteiger partial charge in [0, 0.05) is 10.0 Å². The summed E-state index contributed by atoms with van der Waals surface area (Å²) in [6.07, 6.45) is 0. The molecule has 1 atom stereocenters. The quantitative estimate of drug-likeness (QED) is 0.687. The number of benzene rings is 2. The van der Waals surface area contributed by atoms with E-state index in [1.165, 1.54) is 12.1 Å². The van der Waals surface area contributed by atoms with Crippen LogP contribution in [0.1, 0.15) is 28.3 Å². The van der Waals surface area contributed by atoms with Gasteiger partial charge in [0.05, 0.1) is 10.5 Å². The van der Waals surface area contributed by atoms with Crippen LogP contribution < -0.4 is 5.73 Å². The summed E-state index contributed by atoms with van der Waals surface area (Å²) >= 11 is 6.52. The Kier molecular flexibility index (Phi) is 4.62. The first-order valence-corrected chi connectivity index (χ1v) is 7.57. The van der Waals surface area contributed by atoms with E-state index in [2.05, 4.69) is 31.9 Å². The Balaban J connectivity index is 2.57. The third-order valence-electron chi connectivity index (χ3n) is 3.21. The Morgan fingerprint density at radius 1 is 1.05 bits per heavy atom. The molecule has 0 spiro atoms. The first-order chi connectivity index (χ1) is 9.32. The van der Waals surface area contributed by atoms with Crippen molar-refractivity contribution in [2.45, 2.75) is 19.9 Å². The molecule has 20 heavy (non-hydrogen) atoms. The summed E-state index contributed by atoms with van der Waals surface area (Å²) in [4.78, 5) is 0. The molecule has 1 nitrogen and oxygen atoms in total. The fraction of sp³-hybridized carbons (Fsp3) is 0.200. The van der Waals surface area contributed by atoms with Gasteiger partial charge in [-0.25, -0.2) is 8.78 Å². The molecule has 106 valence electrons. The van der Waals surface area contributed by atoms with Crippen molar-refractivity contribution in [3.05, 3.63) is 67.1 Å². The number of rotatable bonds is 2. The van der Waals surface area contributed by atoms with E-state index >= 15 is 0 Å². The molecule has 0 aliphatic heterocycles. The van der Waals surface area contributed by atoms with Crippen LogP contribution in [0.2, 0.25) is 0 Å². The van der Waals surface area contributed by atoms with Gasteiger partial charge in [0.15, 0.2) is 0 Å². The van der Waals surface area contributed by atoms with E-state index in [0.29, 0.717) is 5.56 Å². The van der Waals surface area contributed by atoms with Crippen molar-refractivity contribution >= 4 is 31.9 Å². The highest BCUT2D eigenvalue weighted by Crippen LogP contribution is 2.32. The highest BCUT2D eigenvalue weighted by Gasteiger charge is 2.21. The molecule has 0 saturated carbocycles. The smallest absolute Gasteiger partial charge is 0.145 e. The Bertz CT molecular complexity index is 648. The van der Waals surface area contributed by atoms with E-state index in [0.717, 1.165) is 15.6 Å². The lowest BCUT2D eigenvalue weighted by molar-refractivity contribution is 0.539. The highest BCUT2D eigenvalue weighted by molar-refractivity contribution is 9.10. The number of halogens is 4. The van der Waals surface area contributed by atoms with Crippen molar-refractivity contribution < 1.29 is 8.78 Å². The molecule has 0 aliphatic rings. The molecule has 2 rings (SSSR count). The molecule has 2 aromatic carbocycles. The summed E-state index contributed by atoms with van der Waals surface area (Å²) in [5, 5.41) is 0. The van der Waals surface area contributed by atoms with Gasteiger partial charge in [0.25, 0.3) is 0 Å². The van der Waals surface area contributed by atoms with Crippen LogP contribution in [0.25, 0.3) is 0 Å². The predicted molar refractivity (Wildman–Crippen MR) is 83.7 cm³/mol. The molecule has 0 aliphatic carbocycles. The second kappa shape index (κ2) is 5.92. The predicted octanol–water partition coefficient (Wildman–Crippen LogP) is 5.15. The third kappa shape index (κ3) is 2.80. The minimum Gasteiger partial charge on any atom is -0.320 e. The summed E-state index contributed by atoms with van der Waals surface area (Å²) in [5.74, 6) is -1.30. The van der Waals surface area contributed by atoms with Gasteiger partial charge in [-0.1, -0.05) is 28.1 Å². The molecule has 0 heterocycles. The monoisotopic (exact) mass is 403 g/mol. The van der Waals surface area contributed by atoms with Crippen molar-refractivity contribution in [3.63, 3.8) is 0 Å². The van der Waals surface area contributed by atoms with Gasteiger partial charge in [0.1, 0.15) is 11.6 Å². The van der Waals surface area contributed by atoms with E-state index in [9.17, 15) is 8.78 Å². The lowest BCUT2D eigenvalue weighted by atomic mass is 9.95. The largest absolute Gasteiger partial charge is 0.320 e. The average Bonchev–Trinajstić information content (AvgIpc) is 2.40. The maximum atomic E-state index is 14.1. The fourth-order valence-corrected chi connectivity index (χ4v) is 2.73. The van der Waals surface area contributed by atoms with Crippen LogP contribution in [0.4, 0.5) is 8.78 Å². The molecule has 0 aromatic heterocycles. The van der Waals surface area contributed by atoms with Crippen molar-refractivity contribution in [2.75, 3.05) is 0 Å². The van der Waals surface area contributed by atoms with Crippen LogP contribution >= 0.6 is 31.9 Å². The van der Waals surface area contributed by atoms with Crippen LogP contribution in [0.5, 0.6) is 0 Å². The second-order valence-corrected chi connectivity index (χ2v) is 6.35. The average molecular weight is 405 g/mol. The van der Waals surface area contributed by atoms with Gasteiger partial charge in [-0.15, -0.1) is 0 Å². The minimum atomic E-state index is -0.849. The van der Waals surface area contributed by atoms with Gasteiger partial charge in [-0.05, 0) is 58.6 Å². The molecule has 0 amide bonds. The Morgan fingerprint density at radius 2 is 1.60 bits per heavy atom. The summed E-state index contributed by atoms with van der Waals surface area (Å²) in [5.41, 5.74) is 8.57. The van der Waals surface area contributed by atoms with Crippen molar-refractivity contribution in [1.82, 2.24) is 0 Å². The first kappa shape index (κ1) is 15.6. The number of hydrogen-bond acceptors (Lipinski definition) is 1. The second-order valence-electron chi connectivity index (χ2n) is 4.70. The van der Waals surface area contributed by atoms with Crippen LogP contribution in [0, 0.1) is 25.5 Å². The molecule has 1 unspecified atom stereocenters. The molecule has 2 N–H and O–H groups in total. The normalized spacial score (nSPS) is 12.6.